The zero-order valence-electron chi connectivity index (χ0n) is 11.6. The molecule has 0 aliphatic heterocycles. The Morgan fingerprint density at radius 3 is 2.68 bits per heavy atom. The Labute approximate surface area is 123 Å². The van der Waals surface area contributed by atoms with Crippen molar-refractivity contribution in [2.75, 3.05) is 6.61 Å². The third kappa shape index (κ3) is 7.90. The summed E-state index contributed by atoms with van der Waals surface area (Å²) < 4.78 is 2.32. The Morgan fingerprint density at radius 1 is 1.21 bits per heavy atom. The van der Waals surface area contributed by atoms with Crippen LogP contribution in [0.2, 0.25) is 0 Å². The van der Waals surface area contributed by atoms with Gasteiger partial charge in [-0.05, 0) is 0 Å². The van der Waals surface area contributed by atoms with Gasteiger partial charge >= 0.3 is 123 Å². The molecule has 1 aromatic rings. The Morgan fingerprint density at radius 2 is 2.00 bits per heavy atom. The molecule has 2 heteroatoms. The van der Waals surface area contributed by atoms with Gasteiger partial charge in [-0.15, -0.1) is 0 Å². The molecular weight excluding hydrogens is 299 g/mol. The third-order valence-electron chi connectivity index (χ3n) is 2.64. The van der Waals surface area contributed by atoms with E-state index in [-0.39, 0.29) is 21.6 Å². The van der Waals surface area contributed by atoms with Crippen LogP contribution in [0.3, 0.4) is 0 Å². The van der Waals surface area contributed by atoms with Crippen LogP contribution in [-0.4, -0.2) is 26.7 Å². The van der Waals surface area contributed by atoms with Gasteiger partial charge in [0, 0.05) is 0 Å². The Hall–Kier alpha value is -1.00. The van der Waals surface area contributed by atoms with Gasteiger partial charge in [-0.2, -0.15) is 0 Å². The average Bonchev–Trinajstić information content (AvgIpc) is 2.46. The number of benzene rings is 1. The minimum absolute atomic E-state index is 0.111. The summed E-state index contributed by atoms with van der Waals surface area (Å²) in [7, 11) is 0. The number of rotatable bonds is 7. The quantitative estimate of drug-likeness (QED) is 0.465. The van der Waals surface area contributed by atoms with E-state index < -0.39 is 0 Å². The van der Waals surface area contributed by atoms with Gasteiger partial charge in [0.05, 0.1) is 0 Å². The zero-order chi connectivity index (χ0) is 13.8. The molecule has 0 saturated carbocycles. The van der Waals surface area contributed by atoms with E-state index in [1.807, 2.05) is 24.3 Å². The van der Waals surface area contributed by atoms with E-state index in [1.165, 1.54) is 30.1 Å². The molecule has 1 nitrogen and oxygen atoms in total. The molecule has 1 N–H and O–H groups in total. The molecule has 0 heterocycles. The molecule has 0 fully saturated rings. The van der Waals surface area contributed by atoms with Gasteiger partial charge in [-0.3, -0.25) is 0 Å². The van der Waals surface area contributed by atoms with Crippen LogP contribution in [0.4, 0.5) is 0 Å². The predicted octanol–water partition coefficient (Wildman–Crippen LogP) is 2.87. The molecule has 0 unspecified atom stereocenters. The summed E-state index contributed by atoms with van der Waals surface area (Å²) in [6, 6.07) is 10.3. The van der Waals surface area contributed by atoms with Crippen LogP contribution in [-0.2, 0) is 0 Å². The SMILES string of the molecule is CCCCCCC#C/C=C(/CO)[Se]c1ccccc1. The molecule has 102 valence electrons. The second kappa shape index (κ2) is 10.9. The first kappa shape index (κ1) is 16.1. The Kier molecular flexibility index (Phi) is 9.19. The van der Waals surface area contributed by atoms with Crippen molar-refractivity contribution in [3.8, 4) is 11.8 Å². The van der Waals surface area contributed by atoms with Gasteiger partial charge < -0.3 is 0 Å². The van der Waals surface area contributed by atoms with E-state index in [2.05, 4.69) is 30.9 Å². The van der Waals surface area contributed by atoms with E-state index >= 15 is 0 Å². The van der Waals surface area contributed by atoms with Crippen molar-refractivity contribution in [2.24, 2.45) is 0 Å². The summed E-state index contributed by atoms with van der Waals surface area (Å²) in [4.78, 5) is 0. The molecule has 0 aromatic heterocycles. The molecule has 0 radical (unpaired) electrons. The van der Waals surface area contributed by atoms with Gasteiger partial charge in [0.1, 0.15) is 0 Å². The number of aliphatic hydroxyl groups is 1. The van der Waals surface area contributed by atoms with E-state index in [0.29, 0.717) is 0 Å². The Balaban J connectivity index is 2.38. The monoisotopic (exact) mass is 322 g/mol. The second-order valence-corrected chi connectivity index (χ2v) is 6.83. The molecule has 0 bridgehead atoms. The van der Waals surface area contributed by atoms with Crippen molar-refractivity contribution in [1.82, 2.24) is 0 Å². The summed E-state index contributed by atoms with van der Waals surface area (Å²) in [5.41, 5.74) is 0. The molecule has 0 amide bonds. The standard InChI is InChI=1S/C17H22OSe/c1-2-3-4-5-6-7-9-14-17(15-18)19-16-12-10-8-11-13-16/h8,10-14,18H,2-6,15H2,1H3/b17-14-. The normalized spacial score (nSPS) is 10.9. The first-order chi connectivity index (χ1) is 9.36. The Bertz CT molecular complexity index is 426. The fraction of sp³-hybridized carbons (Fsp3) is 0.412. The van der Waals surface area contributed by atoms with E-state index in [9.17, 15) is 5.11 Å². The molecule has 1 aromatic carbocycles. The maximum absolute atomic E-state index is 9.34. The zero-order valence-corrected chi connectivity index (χ0v) is 13.3. The number of hydrogen-bond donors (Lipinski definition) is 1. The molecule has 19 heavy (non-hydrogen) atoms. The van der Waals surface area contributed by atoms with Crippen LogP contribution in [0.25, 0.3) is 0 Å². The van der Waals surface area contributed by atoms with Crippen molar-refractivity contribution in [1.29, 1.82) is 0 Å². The predicted molar refractivity (Wildman–Crippen MR) is 83.5 cm³/mol. The van der Waals surface area contributed by atoms with Gasteiger partial charge in [-0.25, -0.2) is 0 Å². The van der Waals surface area contributed by atoms with Crippen molar-refractivity contribution in [3.63, 3.8) is 0 Å². The first-order valence-electron chi connectivity index (χ1n) is 6.88. The molecule has 1 rings (SSSR count). The van der Waals surface area contributed by atoms with Gasteiger partial charge in [-0.1, -0.05) is 0 Å². The van der Waals surface area contributed by atoms with Crippen LogP contribution in [0.5, 0.6) is 0 Å². The molecular formula is C17H22OSe. The van der Waals surface area contributed by atoms with Crippen LogP contribution in [0.15, 0.2) is 40.9 Å². The topological polar surface area (TPSA) is 20.2 Å². The van der Waals surface area contributed by atoms with E-state index in [4.69, 9.17) is 0 Å². The fourth-order valence-corrected chi connectivity index (χ4v) is 3.22. The number of unbranched alkanes of at least 4 members (excludes halogenated alkanes) is 4. The molecule has 0 aliphatic carbocycles. The van der Waals surface area contributed by atoms with Crippen molar-refractivity contribution < 1.29 is 5.11 Å². The minimum atomic E-state index is 0.111. The van der Waals surface area contributed by atoms with Crippen LogP contribution < -0.4 is 4.46 Å². The number of hydrogen-bond acceptors (Lipinski definition) is 1. The van der Waals surface area contributed by atoms with Crippen molar-refractivity contribution >= 4 is 19.4 Å². The second-order valence-electron chi connectivity index (χ2n) is 4.32. The van der Waals surface area contributed by atoms with Crippen LogP contribution in [0, 0.1) is 11.8 Å². The number of allylic oxidation sites excluding steroid dienone is 1. The van der Waals surface area contributed by atoms with Crippen LogP contribution >= 0.6 is 0 Å². The molecule has 0 saturated heterocycles. The molecule has 0 aliphatic rings. The molecule has 0 spiro atoms. The number of aliphatic hydroxyl groups excluding tert-OH is 1. The fourth-order valence-electron chi connectivity index (χ4n) is 1.59. The average molecular weight is 321 g/mol. The summed E-state index contributed by atoms with van der Waals surface area (Å²) in [5, 5.41) is 9.34. The van der Waals surface area contributed by atoms with E-state index in [0.717, 1.165) is 10.9 Å². The summed E-state index contributed by atoms with van der Waals surface area (Å²) >= 11 is 0.187. The van der Waals surface area contributed by atoms with Gasteiger partial charge in [0.15, 0.2) is 0 Å². The van der Waals surface area contributed by atoms with Crippen molar-refractivity contribution in [3.05, 3.63) is 40.9 Å². The van der Waals surface area contributed by atoms with Gasteiger partial charge in [0.25, 0.3) is 0 Å². The summed E-state index contributed by atoms with van der Waals surface area (Å²) in [6.45, 7) is 2.33. The first-order valence-corrected chi connectivity index (χ1v) is 8.59. The van der Waals surface area contributed by atoms with Crippen molar-refractivity contribution in [2.45, 2.75) is 39.0 Å². The maximum atomic E-state index is 9.34. The summed E-state index contributed by atoms with van der Waals surface area (Å²) in [5.74, 6) is 6.24. The molecule has 0 atom stereocenters. The summed E-state index contributed by atoms with van der Waals surface area (Å²) in [6.07, 6.45) is 7.89. The van der Waals surface area contributed by atoms with Crippen LogP contribution in [0.1, 0.15) is 39.0 Å². The van der Waals surface area contributed by atoms with Gasteiger partial charge in [0.2, 0.25) is 0 Å². The third-order valence-corrected chi connectivity index (χ3v) is 4.77. The van der Waals surface area contributed by atoms with E-state index in [1.54, 1.807) is 0 Å².